The first-order valence-electron chi connectivity index (χ1n) is 6.38. The number of carbonyl (C=O) groups excluding carboxylic acids is 1. The first kappa shape index (κ1) is 13.5. The Labute approximate surface area is 112 Å². The molecule has 0 N–H and O–H groups in total. The first-order valence-corrected chi connectivity index (χ1v) is 6.38. The molecule has 1 aromatic carbocycles. The van der Waals surface area contributed by atoms with Gasteiger partial charge in [0.1, 0.15) is 11.4 Å². The Morgan fingerprint density at radius 2 is 2.11 bits per heavy atom. The van der Waals surface area contributed by atoms with E-state index in [-0.39, 0.29) is 11.6 Å². The number of amides is 1. The van der Waals surface area contributed by atoms with Gasteiger partial charge in [0.05, 0.1) is 11.6 Å². The maximum absolute atomic E-state index is 13.9. The fraction of sp³-hybridized carbons (Fsp3) is 0.467. The summed E-state index contributed by atoms with van der Waals surface area (Å²) in [6.07, 6.45) is 1.76. The second-order valence-corrected chi connectivity index (χ2v) is 5.56. The minimum Gasteiger partial charge on any atom is -0.317 e. The molecule has 1 saturated carbocycles. The highest BCUT2D eigenvalue weighted by Gasteiger charge is 2.42. The molecule has 0 heterocycles. The standard InChI is InChI=1S/C15H17FN2O/c1-10-4-7-12(13(16)8-10)14(19)18(11-5-6-11)15(2,3)9-17/h4,7-8,11H,5-6H2,1-3H3. The van der Waals surface area contributed by atoms with Crippen LogP contribution in [0.2, 0.25) is 0 Å². The fourth-order valence-corrected chi connectivity index (χ4v) is 2.19. The Morgan fingerprint density at radius 3 is 2.58 bits per heavy atom. The zero-order chi connectivity index (χ0) is 14.2. The molecule has 1 fully saturated rings. The van der Waals surface area contributed by atoms with E-state index in [1.807, 2.05) is 0 Å². The Hall–Kier alpha value is -1.89. The summed E-state index contributed by atoms with van der Waals surface area (Å²) in [4.78, 5) is 14.0. The zero-order valence-electron chi connectivity index (χ0n) is 11.4. The summed E-state index contributed by atoms with van der Waals surface area (Å²) in [6, 6.07) is 6.73. The molecule has 0 saturated heterocycles. The number of rotatable bonds is 3. The molecule has 0 radical (unpaired) electrons. The quantitative estimate of drug-likeness (QED) is 0.838. The van der Waals surface area contributed by atoms with E-state index in [0.29, 0.717) is 0 Å². The van der Waals surface area contributed by atoms with Gasteiger partial charge >= 0.3 is 0 Å². The molecule has 0 unspecified atom stereocenters. The third-order valence-corrected chi connectivity index (χ3v) is 3.36. The van der Waals surface area contributed by atoms with Crippen molar-refractivity contribution in [2.24, 2.45) is 0 Å². The van der Waals surface area contributed by atoms with Gasteiger partial charge in [-0.05, 0) is 51.3 Å². The van der Waals surface area contributed by atoms with Gasteiger partial charge < -0.3 is 4.90 Å². The fourth-order valence-electron chi connectivity index (χ4n) is 2.19. The summed E-state index contributed by atoms with van der Waals surface area (Å²) in [6.45, 7) is 5.15. The van der Waals surface area contributed by atoms with Gasteiger partial charge in [0.25, 0.3) is 5.91 Å². The van der Waals surface area contributed by atoms with Crippen LogP contribution in [0.4, 0.5) is 4.39 Å². The maximum atomic E-state index is 13.9. The third kappa shape index (κ3) is 2.60. The van der Waals surface area contributed by atoms with Gasteiger partial charge in [-0.2, -0.15) is 5.26 Å². The molecule has 0 spiro atoms. The lowest BCUT2D eigenvalue weighted by Crippen LogP contribution is -2.48. The van der Waals surface area contributed by atoms with Crippen molar-refractivity contribution < 1.29 is 9.18 Å². The third-order valence-electron chi connectivity index (χ3n) is 3.36. The van der Waals surface area contributed by atoms with Gasteiger partial charge in [-0.3, -0.25) is 4.79 Å². The Kier molecular flexibility index (Phi) is 3.32. The number of halogens is 1. The van der Waals surface area contributed by atoms with Crippen LogP contribution < -0.4 is 0 Å². The van der Waals surface area contributed by atoms with Gasteiger partial charge in [0, 0.05) is 6.04 Å². The minimum absolute atomic E-state index is 0.0424. The average Bonchev–Trinajstić information content (AvgIpc) is 3.13. The number of benzene rings is 1. The molecule has 1 aromatic rings. The number of nitrogens with zero attached hydrogens (tertiary/aromatic N) is 2. The van der Waals surface area contributed by atoms with Crippen molar-refractivity contribution in [1.82, 2.24) is 4.90 Å². The van der Waals surface area contributed by atoms with E-state index in [9.17, 15) is 14.4 Å². The molecule has 19 heavy (non-hydrogen) atoms. The molecule has 0 bridgehead atoms. The average molecular weight is 260 g/mol. The summed E-state index contributed by atoms with van der Waals surface area (Å²) >= 11 is 0. The summed E-state index contributed by atoms with van der Waals surface area (Å²) in [5, 5.41) is 9.21. The molecular formula is C15H17FN2O. The van der Waals surface area contributed by atoms with Gasteiger partial charge in [-0.1, -0.05) is 6.07 Å². The van der Waals surface area contributed by atoms with Crippen molar-refractivity contribution in [3.63, 3.8) is 0 Å². The van der Waals surface area contributed by atoms with E-state index >= 15 is 0 Å². The topological polar surface area (TPSA) is 44.1 Å². The lowest BCUT2D eigenvalue weighted by atomic mass is 10.0. The van der Waals surface area contributed by atoms with Crippen molar-refractivity contribution in [3.05, 3.63) is 35.1 Å². The molecule has 2 rings (SSSR count). The van der Waals surface area contributed by atoms with E-state index in [2.05, 4.69) is 6.07 Å². The Balaban J connectivity index is 2.38. The summed E-state index contributed by atoms with van der Waals surface area (Å²) in [5.74, 6) is -0.920. The van der Waals surface area contributed by atoms with Crippen LogP contribution >= 0.6 is 0 Å². The van der Waals surface area contributed by atoms with Crippen molar-refractivity contribution in [2.75, 3.05) is 0 Å². The molecule has 4 heteroatoms. The second-order valence-electron chi connectivity index (χ2n) is 5.56. The van der Waals surface area contributed by atoms with Crippen LogP contribution in [0.25, 0.3) is 0 Å². The highest BCUT2D eigenvalue weighted by atomic mass is 19.1. The van der Waals surface area contributed by atoms with Gasteiger partial charge in [0.2, 0.25) is 0 Å². The highest BCUT2D eigenvalue weighted by molar-refractivity contribution is 5.95. The van der Waals surface area contributed by atoms with Crippen LogP contribution in [0.5, 0.6) is 0 Å². The first-order chi connectivity index (χ1) is 8.86. The van der Waals surface area contributed by atoms with Crippen LogP contribution in [0.3, 0.4) is 0 Å². The summed E-state index contributed by atoms with van der Waals surface area (Å²) in [7, 11) is 0. The molecule has 1 aliphatic carbocycles. The number of nitriles is 1. The van der Waals surface area contributed by atoms with Crippen LogP contribution in [0.1, 0.15) is 42.6 Å². The van der Waals surface area contributed by atoms with Crippen LogP contribution in [0, 0.1) is 24.1 Å². The predicted octanol–water partition coefficient (Wildman–Crippen LogP) is 3.04. The molecule has 1 aliphatic rings. The highest BCUT2D eigenvalue weighted by Crippen LogP contribution is 2.34. The number of carbonyl (C=O) groups is 1. The Morgan fingerprint density at radius 1 is 1.47 bits per heavy atom. The van der Waals surface area contributed by atoms with E-state index in [1.54, 1.807) is 26.8 Å². The van der Waals surface area contributed by atoms with Crippen molar-refractivity contribution in [2.45, 2.75) is 45.2 Å². The molecule has 0 atom stereocenters. The SMILES string of the molecule is Cc1ccc(C(=O)N(C2CC2)C(C)(C)C#N)c(F)c1. The van der Waals surface area contributed by atoms with Gasteiger partial charge in [-0.15, -0.1) is 0 Å². The van der Waals surface area contributed by atoms with Crippen molar-refractivity contribution >= 4 is 5.91 Å². The summed E-state index contributed by atoms with van der Waals surface area (Å²) < 4.78 is 13.9. The van der Waals surface area contributed by atoms with E-state index < -0.39 is 17.3 Å². The molecule has 3 nitrogen and oxygen atoms in total. The van der Waals surface area contributed by atoms with Gasteiger partial charge in [0.15, 0.2) is 0 Å². The van der Waals surface area contributed by atoms with E-state index in [1.165, 1.54) is 17.0 Å². The van der Waals surface area contributed by atoms with Crippen LogP contribution in [0.15, 0.2) is 18.2 Å². The summed E-state index contributed by atoms with van der Waals surface area (Å²) in [5.41, 5.74) is -0.109. The number of hydrogen-bond donors (Lipinski definition) is 0. The minimum atomic E-state index is -0.921. The monoisotopic (exact) mass is 260 g/mol. The molecule has 100 valence electrons. The van der Waals surface area contributed by atoms with E-state index in [0.717, 1.165) is 18.4 Å². The predicted molar refractivity (Wildman–Crippen MR) is 70.0 cm³/mol. The lowest BCUT2D eigenvalue weighted by Gasteiger charge is -2.33. The molecule has 0 aromatic heterocycles. The maximum Gasteiger partial charge on any atom is 0.258 e. The number of hydrogen-bond acceptors (Lipinski definition) is 2. The molecular weight excluding hydrogens is 243 g/mol. The van der Waals surface area contributed by atoms with Crippen LogP contribution in [-0.2, 0) is 0 Å². The van der Waals surface area contributed by atoms with Crippen molar-refractivity contribution in [3.8, 4) is 6.07 Å². The van der Waals surface area contributed by atoms with Crippen molar-refractivity contribution in [1.29, 1.82) is 5.26 Å². The van der Waals surface area contributed by atoms with E-state index in [4.69, 9.17) is 0 Å². The Bertz CT molecular complexity index is 556. The van der Waals surface area contributed by atoms with Gasteiger partial charge in [-0.25, -0.2) is 4.39 Å². The number of aryl methyl sites for hydroxylation is 1. The van der Waals surface area contributed by atoms with Crippen LogP contribution in [-0.4, -0.2) is 22.4 Å². The lowest BCUT2D eigenvalue weighted by molar-refractivity contribution is 0.0610. The smallest absolute Gasteiger partial charge is 0.258 e. The normalized spacial score (nSPS) is 14.9. The zero-order valence-corrected chi connectivity index (χ0v) is 11.4. The molecule has 1 amide bonds. The second kappa shape index (κ2) is 4.65. The largest absolute Gasteiger partial charge is 0.317 e. The molecule has 0 aliphatic heterocycles.